The fourth-order valence-electron chi connectivity index (χ4n) is 1.69. The zero-order valence-electron chi connectivity index (χ0n) is 12.6. The van der Waals surface area contributed by atoms with E-state index in [2.05, 4.69) is 26.2 Å². The molecule has 1 heterocycles. The number of amides is 3. The number of hydrogen-bond donors (Lipinski definition) is 2. The van der Waals surface area contributed by atoms with Crippen molar-refractivity contribution in [3.05, 3.63) is 24.3 Å². The van der Waals surface area contributed by atoms with E-state index in [1.165, 1.54) is 11.7 Å². The van der Waals surface area contributed by atoms with E-state index in [1.54, 1.807) is 0 Å². The van der Waals surface area contributed by atoms with E-state index in [4.69, 9.17) is 4.74 Å². The van der Waals surface area contributed by atoms with Gasteiger partial charge in [-0.25, -0.2) is 4.79 Å². The fraction of sp³-hybridized carbons (Fsp3) is 0.308. The Bertz CT molecular complexity index is 690. The number of hydrogen-bond acceptors (Lipinski definition) is 7. The summed E-state index contributed by atoms with van der Waals surface area (Å²) in [7, 11) is 1.43. The van der Waals surface area contributed by atoms with Gasteiger partial charge in [-0.15, -0.1) is 5.10 Å². The van der Waals surface area contributed by atoms with Gasteiger partial charge in [0, 0.05) is 7.05 Å². The molecule has 1 aromatic heterocycles. The molecule has 122 valence electrons. The average Bonchev–Trinajstić information content (AvgIpc) is 3.02. The first-order valence-corrected chi connectivity index (χ1v) is 7.79. The number of nitrogens with zero attached hydrogens (tertiary/aromatic N) is 4. The second-order valence-electron chi connectivity index (χ2n) is 4.19. The lowest BCUT2D eigenvalue weighted by Gasteiger charge is -2.10. The van der Waals surface area contributed by atoms with E-state index in [9.17, 15) is 9.59 Å². The van der Waals surface area contributed by atoms with E-state index in [0.29, 0.717) is 23.2 Å². The molecule has 3 amide bonds. The monoisotopic (exact) mass is 336 g/mol. The number of para-hydroxylation sites is 2. The van der Waals surface area contributed by atoms with E-state index < -0.39 is 11.9 Å². The van der Waals surface area contributed by atoms with Crippen LogP contribution in [0, 0.1) is 0 Å². The van der Waals surface area contributed by atoms with Gasteiger partial charge in [0.05, 0.1) is 12.4 Å². The van der Waals surface area contributed by atoms with Crippen LogP contribution in [0.25, 0.3) is 5.69 Å². The van der Waals surface area contributed by atoms with Gasteiger partial charge >= 0.3 is 6.03 Å². The van der Waals surface area contributed by atoms with E-state index in [-0.39, 0.29) is 5.75 Å². The van der Waals surface area contributed by atoms with Gasteiger partial charge in [0.15, 0.2) is 0 Å². The lowest BCUT2D eigenvalue weighted by atomic mass is 10.3. The van der Waals surface area contributed by atoms with Crippen LogP contribution < -0.4 is 15.4 Å². The molecule has 0 fully saturated rings. The highest BCUT2D eigenvalue weighted by Crippen LogP contribution is 2.25. The molecule has 2 rings (SSSR count). The minimum atomic E-state index is -0.558. The highest BCUT2D eigenvalue weighted by molar-refractivity contribution is 7.99. The zero-order valence-corrected chi connectivity index (χ0v) is 13.5. The van der Waals surface area contributed by atoms with Crippen molar-refractivity contribution in [2.75, 3.05) is 19.4 Å². The number of thioether (sulfide) groups is 1. The van der Waals surface area contributed by atoms with Crippen molar-refractivity contribution in [2.24, 2.45) is 0 Å². The Kier molecular flexibility index (Phi) is 5.92. The number of benzene rings is 1. The predicted octanol–water partition coefficient (Wildman–Crippen LogP) is 0.609. The molecule has 0 radical (unpaired) electrons. The first-order valence-electron chi connectivity index (χ1n) is 6.80. The van der Waals surface area contributed by atoms with Crippen LogP contribution >= 0.6 is 11.8 Å². The number of ether oxygens (including phenoxy) is 1. The summed E-state index contributed by atoms with van der Waals surface area (Å²) >= 11 is 1.12. The third-order valence-electron chi connectivity index (χ3n) is 2.65. The number of carbonyl (C=O) groups is 2. The van der Waals surface area contributed by atoms with Crippen molar-refractivity contribution < 1.29 is 14.3 Å². The van der Waals surface area contributed by atoms with E-state index >= 15 is 0 Å². The molecular weight excluding hydrogens is 320 g/mol. The molecule has 0 aliphatic carbocycles. The van der Waals surface area contributed by atoms with Crippen LogP contribution in [-0.2, 0) is 4.79 Å². The Morgan fingerprint density at radius 2 is 2.13 bits per heavy atom. The van der Waals surface area contributed by atoms with Crippen LogP contribution in [0.5, 0.6) is 5.75 Å². The van der Waals surface area contributed by atoms with Crippen molar-refractivity contribution in [3.8, 4) is 11.4 Å². The molecule has 0 bridgehead atoms. The standard InChI is InChI=1S/C13H16N6O3S/c1-3-22-10-7-5-4-6-9(10)19-13(16-17-18-19)23-8-11(20)15-12(21)14-2/h4-7H,3,8H2,1-2H3,(H2,14,15,20,21). The maximum atomic E-state index is 11.6. The maximum Gasteiger partial charge on any atom is 0.321 e. The number of carbonyl (C=O) groups excluding carboxylic acids is 2. The van der Waals surface area contributed by atoms with Gasteiger partial charge in [-0.2, -0.15) is 4.68 Å². The van der Waals surface area contributed by atoms with Gasteiger partial charge in [0.25, 0.3) is 0 Å². The Labute approximate surface area is 136 Å². The lowest BCUT2D eigenvalue weighted by molar-refractivity contribution is -0.117. The summed E-state index contributed by atoms with van der Waals surface area (Å²) in [5, 5.41) is 16.3. The minimum absolute atomic E-state index is 0.00456. The summed E-state index contributed by atoms with van der Waals surface area (Å²) < 4.78 is 7.04. The van der Waals surface area contributed by atoms with Gasteiger partial charge < -0.3 is 10.1 Å². The Morgan fingerprint density at radius 1 is 1.35 bits per heavy atom. The number of urea groups is 1. The van der Waals surface area contributed by atoms with Crippen LogP contribution in [0.2, 0.25) is 0 Å². The predicted molar refractivity (Wildman–Crippen MR) is 83.6 cm³/mol. The van der Waals surface area contributed by atoms with Crippen molar-refractivity contribution in [3.63, 3.8) is 0 Å². The van der Waals surface area contributed by atoms with Crippen molar-refractivity contribution in [2.45, 2.75) is 12.1 Å². The normalized spacial score (nSPS) is 10.2. The molecule has 0 atom stereocenters. The van der Waals surface area contributed by atoms with Crippen molar-refractivity contribution in [1.82, 2.24) is 30.8 Å². The number of tetrazole rings is 1. The summed E-state index contributed by atoms with van der Waals surface area (Å²) in [6.07, 6.45) is 0. The molecule has 2 N–H and O–H groups in total. The molecule has 1 aromatic carbocycles. The largest absolute Gasteiger partial charge is 0.492 e. The molecule has 2 aromatic rings. The maximum absolute atomic E-state index is 11.6. The van der Waals surface area contributed by atoms with Gasteiger partial charge in [-0.05, 0) is 29.5 Å². The SMILES string of the molecule is CCOc1ccccc1-n1nnnc1SCC(=O)NC(=O)NC. The smallest absolute Gasteiger partial charge is 0.321 e. The van der Waals surface area contributed by atoms with Crippen LogP contribution in [0.15, 0.2) is 29.4 Å². The first-order chi connectivity index (χ1) is 11.2. The number of nitrogens with one attached hydrogen (secondary N) is 2. The number of rotatable bonds is 6. The molecule has 0 spiro atoms. The third-order valence-corrected chi connectivity index (χ3v) is 3.57. The third kappa shape index (κ3) is 4.42. The minimum Gasteiger partial charge on any atom is -0.492 e. The molecule has 0 saturated carbocycles. The van der Waals surface area contributed by atoms with E-state index in [1.807, 2.05) is 31.2 Å². The molecular formula is C13H16N6O3S. The Hall–Kier alpha value is -2.62. The molecule has 0 aliphatic rings. The fourth-order valence-corrected chi connectivity index (χ4v) is 2.37. The molecule has 23 heavy (non-hydrogen) atoms. The highest BCUT2D eigenvalue weighted by atomic mass is 32.2. The summed E-state index contributed by atoms with van der Waals surface area (Å²) in [6.45, 7) is 2.39. The Balaban J connectivity index is 2.11. The summed E-state index contributed by atoms with van der Waals surface area (Å²) in [6, 6.07) is 6.76. The summed E-state index contributed by atoms with van der Waals surface area (Å²) in [4.78, 5) is 22.7. The Morgan fingerprint density at radius 3 is 2.87 bits per heavy atom. The van der Waals surface area contributed by atoms with Gasteiger partial charge in [0.2, 0.25) is 11.1 Å². The van der Waals surface area contributed by atoms with Crippen molar-refractivity contribution in [1.29, 1.82) is 0 Å². The second kappa shape index (κ2) is 8.13. The van der Waals surface area contributed by atoms with Crippen LogP contribution in [0.3, 0.4) is 0 Å². The number of imide groups is 1. The molecule has 0 saturated heterocycles. The quantitative estimate of drug-likeness (QED) is 0.743. The van der Waals surface area contributed by atoms with Gasteiger partial charge in [-0.3, -0.25) is 10.1 Å². The van der Waals surface area contributed by atoms with Crippen LogP contribution in [0.4, 0.5) is 4.79 Å². The molecule has 0 unspecified atom stereocenters. The van der Waals surface area contributed by atoms with E-state index in [0.717, 1.165) is 11.8 Å². The average molecular weight is 336 g/mol. The topological polar surface area (TPSA) is 111 Å². The van der Waals surface area contributed by atoms with Crippen LogP contribution in [0.1, 0.15) is 6.92 Å². The number of aromatic nitrogens is 4. The summed E-state index contributed by atoms with van der Waals surface area (Å²) in [5.74, 6) is 0.200. The van der Waals surface area contributed by atoms with Crippen molar-refractivity contribution >= 4 is 23.7 Å². The van der Waals surface area contributed by atoms with Gasteiger partial charge in [-0.1, -0.05) is 23.9 Å². The van der Waals surface area contributed by atoms with Gasteiger partial charge in [0.1, 0.15) is 11.4 Å². The molecule has 0 aliphatic heterocycles. The second-order valence-corrected chi connectivity index (χ2v) is 5.13. The first kappa shape index (κ1) is 16.7. The van der Waals surface area contributed by atoms with Crippen LogP contribution in [-0.4, -0.2) is 51.6 Å². The molecule has 9 nitrogen and oxygen atoms in total. The summed E-state index contributed by atoms with van der Waals surface area (Å²) in [5.41, 5.74) is 0.675. The molecule has 10 heteroatoms. The zero-order chi connectivity index (χ0) is 16.7. The highest BCUT2D eigenvalue weighted by Gasteiger charge is 2.15. The lowest BCUT2D eigenvalue weighted by Crippen LogP contribution is -2.38.